The van der Waals surface area contributed by atoms with Crippen LogP contribution in [-0.2, 0) is 11.3 Å². The molecule has 5 heteroatoms. The van der Waals surface area contributed by atoms with Gasteiger partial charge in [0.25, 0.3) is 0 Å². The monoisotopic (exact) mass is 274 g/mol. The smallest absolute Gasteiger partial charge is 0.315 e. The van der Waals surface area contributed by atoms with Crippen LogP contribution in [0.15, 0.2) is 53.1 Å². The van der Waals surface area contributed by atoms with Crippen molar-refractivity contribution in [2.75, 3.05) is 13.7 Å². The van der Waals surface area contributed by atoms with Gasteiger partial charge in [0.05, 0.1) is 12.8 Å². The van der Waals surface area contributed by atoms with Gasteiger partial charge in [-0.05, 0) is 17.7 Å². The maximum Gasteiger partial charge on any atom is 0.315 e. The molecule has 0 aliphatic heterocycles. The number of urea groups is 1. The minimum atomic E-state index is -0.285. The van der Waals surface area contributed by atoms with Crippen LogP contribution >= 0.6 is 0 Å². The molecule has 1 heterocycles. The summed E-state index contributed by atoms with van der Waals surface area (Å²) in [5.41, 5.74) is 1.05. The summed E-state index contributed by atoms with van der Waals surface area (Å²) in [7, 11) is 1.58. The van der Waals surface area contributed by atoms with Gasteiger partial charge in [-0.2, -0.15) is 0 Å². The van der Waals surface area contributed by atoms with E-state index in [-0.39, 0.29) is 12.1 Å². The molecule has 2 amide bonds. The molecule has 0 saturated heterocycles. The lowest BCUT2D eigenvalue weighted by Crippen LogP contribution is -2.37. The summed E-state index contributed by atoms with van der Waals surface area (Å²) in [6.07, 6.45) is 1.30. The quantitative estimate of drug-likeness (QED) is 0.850. The molecule has 1 atom stereocenters. The Morgan fingerprint density at radius 3 is 2.65 bits per heavy atom. The minimum absolute atomic E-state index is 0.234. The van der Waals surface area contributed by atoms with Gasteiger partial charge in [-0.25, -0.2) is 4.79 Å². The summed E-state index contributed by atoms with van der Waals surface area (Å²) >= 11 is 0. The van der Waals surface area contributed by atoms with Gasteiger partial charge in [0.1, 0.15) is 11.9 Å². The number of rotatable bonds is 6. The fourth-order valence-electron chi connectivity index (χ4n) is 1.80. The van der Waals surface area contributed by atoms with E-state index in [1.54, 1.807) is 19.4 Å². The Balaban J connectivity index is 1.74. The molecule has 2 aromatic rings. The lowest BCUT2D eigenvalue weighted by Gasteiger charge is -2.14. The second kappa shape index (κ2) is 7.35. The zero-order valence-corrected chi connectivity index (χ0v) is 11.3. The number of carbonyl (C=O) groups excluding carboxylic acids is 1. The second-order valence-electron chi connectivity index (χ2n) is 4.29. The van der Waals surface area contributed by atoms with Gasteiger partial charge in [-0.15, -0.1) is 0 Å². The van der Waals surface area contributed by atoms with Crippen molar-refractivity contribution in [3.8, 4) is 0 Å². The van der Waals surface area contributed by atoms with Crippen LogP contribution in [0.5, 0.6) is 0 Å². The van der Waals surface area contributed by atoms with Gasteiger partial charge >= 0.3 is 6.03 Å². The molecule has 0 bridgehead atoms. The predicted molar refractivity (Wildman–Crippen MR) is 75.1 cm³/mol. The van der Waals surface area contributed by atoms with Crippen molar-refractivity contribution in [3.63, 3.8) is 0 Å². The lowest BCUT2D eigenvalue weighted by atomic mass is 10.2. The first kappa shape index (κ1) is 14.1. The third-order valence-electron chi connectivity index (χ3n) is 2.89. The Morgan fingerprint density at radius 1 is 1.20 bits per heavy atom. The molecule has 0 unspecified atom stereocenters. The van der Waals surface area contributed by atoms with Crippen molar-refractivity contribution in [2.24, 2.45) is 0 Å². The van der Waals surface area contributed by atoms with E-state index < -0.39 is 0 Å². The summed E-state index contributed by atoms with van der Waals surface area (Å²) in [5, 5.41) is 5.54. The summed E-state index contributed by atoms with van der Waals surface area (Å²) in [6, 6.07) is 13.1. The van der Waals surface area contributed by atoms with Crippen LogP contribution in [0.3, 0.4) is 0 Å². The zero-order valence-electron chi connectivity index (χ0n) is 11.3. The molecule has 1 aromatic heterocycles. The molecular formula is C15H18N2O3. The first-order valence-electron chi connectivity index (χ1n) is 6.41. The molecule has 2 N–H and O–H groups in total. The predicted octanol–water partition coefficient (Wildman–Crippen LogP) is 2.47. The van der Waals surface area contributed by atoms with Gasteiger partial charge < -0.3 is 19.8 Å². The van der Waals surface area contributed by atoms with Gasteiger partial charge in [0.15, 0.2) is 0 Å². The van der Waals surface area contributed by atoms with Crippen molar-refractivity contribution in [1.29, 1.82) is 0 Å². The van der Waals surface area contributed by atoms with E-state index >= 15 is 0 Å². The second-order valence-corrected chi connectivity index (χ2v) is 4.29. The van der Waals surface area contributed by atoms with Crippen LogP contribution in [0.4, 0.5) is 4.79 Å². The van der Waals surface area contributed by atoms with E-state index in [2.05, 4.69) is 10.6 Å². The maximum absolute atomic E-state index is 11.7. The minimum Gasteiger partial charge on any atom is -0.467 e. The normalized spacial score (nSPS) is 11.8. The molecule has 106 valence electrons. The summed E-state index contributed by atoms with van der Waals surface area (Å²) < 4.78 is 10.5. The van der Waals surface area contributed by atoms with E-state index in [4.69, 9.17) is 9.15 Å². The van der Waals surface area contributed by atoms with Gasteiger partial charge in [0, 0.05) is 13.7 Å². The van der Waals surface area contributed by atoms with Crippen molar-refractivity contribution in [3.05, 3.63) is 60.1 Å². The van der Waals surface area contributed by atoms with Gasteiger partial charge in [-0.1, -0.05) is 30.3 Å². The summed E-state index contributed by atoms with van der Waals surface area (Å²) in [4.78, 5) is 11.7. The Morgan fingerprint density at radius 2 is 2.00 bits per heavy atom. The third-order valence-corrected chi connectivity index (χ3v) is 2.89. The maximum atomic E-state index is 11.7. The lowest BCUT2D eigenvalue weighted by molar-refractivity contribution is 0.0850. The highest BCUT2D eigenvalue weighted by Gasteiger charge is 2.14. The number of furan rings is 1. The number of nitrogens with one attached hydrogen (secondary N) is 2. The molecule has 0 fully saturated rings. The average molecular weight is 274 g/mol. The van der Waals surface area contributed by atoms with Gasteiger partial charge in [-0.3, -0.25) is 0 Å². The van der Waals surface area contributed by atoms with Crippen LogP contribution in [0.1, 0.15) is 17.4 Å². The van der Waals surface area contributed by atoms with Crippen LogP contribution in [-0.4, -0.2) is 19.7 Å². The summed E-state index contributed by atoms with van der Waals surface area (Å²) in [6.45, 7) is 0.843. The number of benzene rings is 1. The van der Waals surface area contributed by atoms with Crippen molar-refractivity contribution in [1.82, 2.24) is 10.6 Å². The van der Waals surface area contributed by atoms with Crippen LogP contribution in [0.2, 0.25) is 0 Å². The van der Waals surface area contributed by atoms with Crippen LogP contribution < -0.4 is 10.6 Å². The molecule has 5 nitrogen and oxygen atoms in total. The molecular weight excluding hydrogens is 256 g/mol. The van der Waals surface area contributed by atoms with Crippen LogP contribution in [0.25, 0.3) is 0 Å². The third kappa shape index (κ3) is 4.13. The number of hydrogen-bond donors (Lipinski definition) is 2. The number of methoxy groups -OCH3 is 1. The Bertz CT molecular complexity index is 511. The van der Waals surface area contributed by atoms with Crippen molar-refractivity contribution >= 4 is 6.03 Å². The fourth-order valence-corrected chi connectivity index (χ4v) is 1.80. The molecule has 0 aliphatic rings. The van der Waals surface area contributed by atoms with E-state index in [9.17, 15) is 4.79 Å². The Labute approximate surface area is 117 Å². The van der Waals surface area contributed by atoms with E-state index in [0.717, 1.165) is 5.56 Å². The Kier molecular flexibility index (Phi) is 5.20. The van der Waals surface area contributed by atoms with E-state index in [1.807, 2.05) is 36.4 Å². The Hall–Kier alpha value is -2.27. The largest absolute Gasteiger partial charge is 0.467 e. The van der Waals surface area contributed by atoms with E-state index in [1.165, 1.54) is 0 Å². The van der Waals surface area contributed by atoms with Crippen molar-refractivity contribution in [2.45, 2.75) is 12.6 Å². The molecule has 0 spiro atoms. The number of hydrogen-bond acceptors (Lipinski definition) is 3. The molecule has 1 aromatic carbocycles. The summed E-state index contributed by atoms with van der Waals surface area (Å²) in [5.74, 6) is 0.691. The molecule has 2 rings (SSSR count). The number of amides is 2. The highest BCUT2D eigenvalue weighted by Crippen LogP contribution is 2.15. The molecule has 20 heavy (non-hydrogen) atoms. The number of ether oxygens (including phenoxy) is 1. The highest BCUT2D eigenvalue weighted by molar-refractivity contribution is 5.73. The average Bonchev–Trinajstić information content (AvgIpc) is 3.01. The molecule has 0 radical (unpaired) electrons. The van der Waals surface area contributed by atoms with E-state index in [0.29, 0.717) is 18.8 Å². The highest BCUT2D eigenvalue weighted by atomic mass is 16.5. The SMILES string of the molecule is CO[C@@H](CNC(=O)NCc1ccccc1)c1ccco1. The van der Waals surface area contributed by atoms with Crippen LogP contribution in [0, 0.1) is 0 Å². The van der Waals surface area contributed by atoms with Gasteiger partial charge in [0.2, 0.25) is 0 Å². The first-order valence-corrected chi connectivity index (χ1v) is 6.41. The molecule has 0 saturated carbocycles. The van der Waals surface area contributed by atoms with Crippen molar-refractivity contribution < 1.29 is 13.9 Å². The topological polar surface area (TPSA) is 63.5 Å². The zero-order chi connectivity index (χ0) is 14.2. The number of carbonyl (C=O) groups is 1. The molecule has 0 aliphatic carbocycles. The fraction of sp³-hybridized carbons (Fsp3) is 0.267. The first-order chi connectivity index (χ1) is 9.79. The standard InChI is InChI=1S/C15H18N2O3/c1-19-14(13-8-5-9-20-13)11-17-15(18)16-10-12-6-3-2-4-7-12/h2-9,14H,10-11H2,1H3,(H2,16,17,18)/t14-/m0/s1.